The number of benzene rings is 2. The van der Waals surface area contributed by atoms with Crippen LogP contribution in [0, 0.1) is 0 Å². The van der Waals surface area contributed by atoms with Crippen LogP contribution in [0.4, 0.5) is 0 Å². The van der Waals surface area contributed by atoms with E-state index in [4.69, 9.17) is 10.3 Å². The summed E-state index contributed by atoms with van der Waals surface area (Å²) in [6.07, 6.45) is 0. The Hall–Kier alpha value is -3.03. The first kappa shape index (κ1) is 17.3. The highest BCUT2D eigenvalue weighted by atomic mass is 16.5. The Kier molecular flexibility index (Phi) is 5.78. The van der Waals surface area contributed by atoms with E-state index in [1.807, 2.05) is 30.3 Å². The first-order valence-electron chi connectivity index (χ1n) is 7.10. The average molecular weight is 328 g/mol. The second kappa shape index (κ2) is 8.00. The van der Waals surface area contributed by atoms with Gasteiger partial charge in [0.25, 0.3) is 11.8 Å². The molecule has 2 aromatic rings. The van der Waals surface area contributed by atoms with Gasteiger partial charge in [-0.3, -0.25) is 19.6 Å². The Morgan fingerprint density at radius 3 is 2.04 bits per heavy atom. The van der Waals surface area contributed by atoms with Crippen LogP contribution in [-0.4, -0.2) is 40.6 Å². The molecule has 7 heteroatoms. The molecule has 7 nitrogen and oxygen atoms in total. The van der Waals surface area contributed by atoms with Crippen LogP contribution < -0.4 is 10.8 Å². The second-order valence-corrected chi connectivity index (χ2v) is 4.95. The molecular formula is C17H16N2O5. The zero-order valence-corrected chi connectivity index (χ0v) is 12.6. The van der Waals surface area contributed by atoms with Crippen molar-refractivity contribution in [2.24, 2.45) is 0 Å². The van der Waals surface area contributed by atoms with Crippen molar-refractivity contribution in [1.82, 2.24) is 10.8 Å². The fourth-order valence-electron chi connectivity index (χ4n) is 2.11. The van der Waals surface area contributed by atoms with Crippen molar-refractivity contribution in [3.05, 3.63) is 60.2 Å². The molecule has 2 rings (SSSR count). The Morgan fingerprint density at radius 2 is 1.50 bits per heavy atom. The Balaban J connectivity index is 2.14. The van der Waals surface area contributed by atoms with Crippen LogP contribution in [0.1, 0.15) is 10.4 Å². The fourth-order valence-corrected chi connectivity index (χ4v) is 2.11. The molecule has 0 aromatic heterocycles. The molecule has 0 radical (unpaired) electrons. The average Bonchev–Trinajstić information content (AvgIpc) is 2.65. The number of hydrogen-bond donors (Lipinski definition) is 4. The quantitative estimate of drug-likeness (QED) is 0.350. The highest BCUT2D eigenvalue weighted by Crippen LogP contribution is 2.19. The van der Waals surface area contributed by atoms with Crippen molar-refractivity contribution in [3.8, 4) is 11.1 Å². The largest absolute Gasteiger partial charge is 0.388 e. The lowest BCUT2D eigenvalue weighted by Gasteiger charge is -2.14. The first-order chi connectivity index (χ1) is 11.6. The molecular weight excluding hydrogens is 312 g/mol. The lowest BCUT2D eigenvalue weighted by molar-refractivity contribution is -0.137. The lowest BCUT2D eigenvalue weighted by atomic mass is 10.0. The maximum Gasteiger partial charge on any atom is 0.273 e. The number of amides is 2. The van der Waals surface area contributed by atoms with E-state index in [1.165, 1.54) is 5.48 Å². The topological polar surface area (TPSA) is 116 Å². The van der Waals surface area contributed by atoms with Gasteiger partial charge in [0.15, 0.2) is 11.8 Å². The molecule has 0 fully saturated rings. The molecule has 0 aliphatic rings. The molecule has 0 heterocycles. The van der Waals surface area contributed by atoms with E-state index in [0.29, 0.717) is 0 Å². The van der Waals surface area contributed by atoms with Crippen molar-refractivity contribution < 1.29 is 24.7 Å². The third kappa shape index (κ3) is 4.03. The van der Waals surface area contributed by atoms with Gasteiger partial charge < -0.3 is 10.4 Å². The van der Waals surface area contributed by atoms with Gasteiger partial charge in [-0.15, -0.1) is 0 Å². The fraction of sp³-hybridized carbons (Fsp3) is 0.118. The maximum absolute atomic E-state index is 12.1. The number of ketones is 1. The normalized spacial score (nSPS) is 11.4. The summed E-state index contributed by atoms with van der Waals surface area (Å²) in [7, 11) is 0. The molecule has 1 atom stereocenters. The smallest absolute Gasteiger partial charge is 0.273 e. The summed E-state index contributed by atoms with van der Waals surface area (Å²) in [5.74, 6) is -2.73. The van der Waals surface area contributed by atoms with E-state index in [2.05, 4.69) is 5.32 Å². The number of carbonyl (C=O) groups is 3. The summed E-state index contributed by atoms with van der Waals surface area (Å²) in [5.41, 5.74) is 3.40. The molecule has 0 saturated heterocycles. The summed E-state index contributed by atoms with van der Waals surface area (Å²) < 4.78 is 0. The lowest BCUT2D eigenvalue weighted by Crippen LogP contribution is -2.51. The third-order valence-electron chi connectivity index (χ3n) is 3.38. The van der Waals surface area contributed by atoms with Crippen LogP contribution >= 0.6 is 0 Å². The van der Waals surface area contributed by atoms with Gasteiger partial charge in [-0.25, -0.2) is 5.48 Å². The van der Waals surface area contributed by atoms with Crippen molar-refractivity contribution in [1.29, 1.82) is 0 Å². The first-order valence-corrected chi connectivity index (χ1v) is 7.10. The van der Waals surface area contributed by atoms with E-state index in [0.717, 1.165) is 11.1 Å². The minimum absolute atomic E-state index is 0.233. The van der Waals surface area contributed by atoms with Crippen molar-refractivity contribution in [2.75, 3.05) is 6.61 Å². The maximum atomic E-state index is 12.1. The molecule has 0 bridgehead atoms. The van der Waals surface area contributed by atoms with Gasteiger partial charge in [0.1, 0.15) is 6.61 Å². The molecule has 124 valence electrons. The summed E-state index contributed by atoms with van der Waals surface area (Å²) in [6, 6.07) is 14.5. The predicted octanol–water partition coefficient (Wildman–Crippen LogP) is 0.519. The molecule has 2 amide bonds. The molecule has 0 spiro atoms. The summed E-state index contributed by atoms with van der Waals surface area (Å²) in [4.78, 5) is 35.0. The second-order valence-electron chi connectivity index (χ2n) is 4.95. The van der Waals surface area contributed by atoms with E-state index < -0.39 is 30.2 Å². The van der Waals surface area contributed by atoms with E-state index >= 15 is 0 Å². The molecule has 4 N–H and O–H groups in total. The highest BCUT2D eigenvalue weighted by Gasteiger charge is 2.27. The highest BCUT2D eigenvalue weighted by molar-refractivity contribution is 6.09. The number of aliphatic hydroxyl groups excluding tert-OH is 1. The van der Waals surface area contributed by atoms with Crippen molar-refractivity contribution in [2.45, 2.75) is 6.04 Å². The summed E-state index contributed by atoms with van der Waals surface area (Å²) in [5, 5.41) is 19.6. The van der Waals surface area contributed by atoms with Crippen LogP contribution in [0.3, 0.4) is 0 Å². The van der Waals surface area contributed by atoms with Gasteiger partial charge in [-0.05, 0) is 23.3 Å². The Morgan fingerprint density at radius 1 is 0.917 bits per heavy atom. The minimum Gasteiger partial charge on any atom is -0.388 e. The number of Topliss-reactive ketones (excluding diaryl/α,β-unsaturated/α-hetero) is 1. The van der Waals surface area contributed by atoms with Gasteiger partial charge >= 0.3 is 0 Å². The number of rotatable bonds is 6. The van der Waals surface area contributed by atoms with Crippen LogP contribution in [0.5, 0.6) is 0 Å². The molecule has 1 unspecified atom stereocenters. The summed E-state index contributed by atoms with van der Waals surface area (Å²) in [6.45, 7) is -0.939. The van der Waals surface area contributed by atoms with E-state index in [9.17, 15) is 14.4 Å². The zero-order chi connectivity index (χ0) is 17.5. The number of carbonyl (C=O) groups excluding carboxylic acids is 3. The van der Waals surface area contributed by atoms with Crippen molar-refractivity contribution in [3.63, 3.8) is 0 Å². The monoisotopic (exact) mass is 328 g/mol. The molecule has 24 heavy (non-hydrogen) atoms. The van der Waals surface area contributed by atoms with Crippen LogP contribution in [0.2, 0.25) is 0 Å². The predicted molar refractivity (Wildman–Crippen MR) is 85.2 cm³/mol. The summed E-state index contributed by atoms with van der Waals surface area (Å²) >= 11 is 0. The molecule has 0 aliphatic heterocycles. The SMILES string of the molecule is O=C(NC(C(=O)CO)C(=O)NO)c1ccc(-c2ccccc2)cc1. The van der Waals surface area contributed by atoms with Gasteiger partial charge in [-0.1, -0.05) is 42.5 Å². The molecule has 0 aliphatic carbocycles. The van der Waals surface area contributed by atoms with Crippen LogP contribution in [0.15, 0.2) is 54.6 Å². The van der Waals surface area contributed by atoms with Gasteiger partial charge in [-0.2, -0.15) is 0 Å². The molecule has 0 saturated carbocycles. The Labute approximate surface area is 137 Å². The van der Waals surface area contributed by atoms with Crippen molar-refractivity contribution >= 4 is 17.6 Å². The Bertz CT molecular complexity index is 712. The van der Waals surface area contributed by atoms with E-state index in [-0.39, 0.29) is 5.56 Å². The van der Waals surface area contributed by atoms with Crippen LogP contribution in [-0.2, 0) is 9.59 Å². The van der Waals surface area contributed by atoms with E-state index in [1.54, 1.807) is 24.3 Å². The number of hydroxylamine groups is 1. The zero-order valence-electron chi connectivity index (χ0n) is 12.6. The third-order valence-corrected chi connectivity index (χ3v) is 3.38. The van der Waals surface area contributed by atoms with Gasteiger partial charge in [0.05, 0.1) is 0 Å². The van der Waals surface area contributed by atoms with Gasteiger partial charge in [0, 0.05) is 5.56 Å². The number of aliphatic hydroxyl groups is 1. The number of nitrogens with one attached hydrogen (secondary N) is 2. The van der Waals surface area contributed by atoms with Crippen LogP contribution in [0.25, 0.3) is 11.1 Å². The number of hydrogen-bond acceptors (Lipinski definition) is 5. The minimum atomic E-state index is -1.67. The molecule has 2 aromatic carbocycles. The standard InChI is InChI=1S/C17H16N2O5/c20-10-14(21)15(17(23)19-24)18-16(22)13-8-6-12(7-9-13)11-4-2-1-3-5-11/h1-9,15,20,24H,10H2,(H,18,22)(H,19,23). The van der Waals surface area contributed by atoms with Gasteiger partial charge in [0.2, 0.25) is 0 Å².